The van der Waals surface area contributed by atoms with E-state index in [1.807, 2.05) is 0 Å². The molecule has 0 atom stereocenters. The quantitative estimate of drug-likeness (QED) is 0.756. The highest BCUT2D eigenvalue weighted by Crippen LogP contribution is 2.49. The van der Waals surface area contributed by atoms with Crippen molar-refractivity contribution in [2.45, 2.75) is 32.7 Å². The van der Waals surface area contributed by atoms with Crippen LogP contribution in [-0.2, 0) is 6.54 Å². The highest BCUT2D eigenvalue weighted by atomic mass is 32.1. The molecule has 1 aliphatic carbocycles. The van der Waals surface area contributed by atoms with Crippen LogP contribution >= 0.6 is 12.2 Å². The minimum absolute atomic E-state index is 0.0281. The lowest BCUT2D eigenvalue weighted by molar-refractivity contribution is 0.424. The van der Waals surface area contributed by atoms with Crippen molar-refractivity contribution in [2.75, 3.05) is 0 Å². The number of nitrogens with zero attached hydrogens (tertiary/aromatic N) is 1. The van der Waals surface area contributed by atoms with Gasteiger partial charge in [-0.15, -0.1) is 0 Å². The van der Waals surface area contributed by atoms with E-state index < -0.39 is 0 Å². The summed E-state index contributed by atoms with van der Waals surface area (Å²) in [7, 11) is 0. The Bertz CT molecular complexity index is 569. The molecular weight excluding hydrogens is 238 g/mol. The van der Waals surface area contributed by atoms with Crippen LogP contribution in [0.15, 0.2) is 15.8 Å². The summed E-state index contributed by atoms with van der Waals surface area (Å²) < 4.78 is 1.54. The Morgan fingerprint density at radius 1 is 1.59 bits per heavy atom. The molecule has 0 amide bonds. The molecule has 17 heavy (non-hydrogen) atoms. The van der Waals surface area contributed by atoms with Crippen molar-refractivity contribution in [3.63, 3.8) is 0 Å². The Morgan fingerprint density at radius 3 is 2.76 bits per heavy atom. The van der Waals surface area contributed by atoms with Crippen molar-refractivity contribution < 1.29 is 0 Å². The second-order valence-corrected chi connectivity index (χ2v) is 5.37. The molecule has 0 unspecified atom stereocenters. The van der Waals surface area contributed by atoms with Gasteiger partial charge in [0, 0.05) is 24.7 Å². The van der Waals surface area contributed by atoms with Crippen LogP contribution in [0.25, 0.3) is 0 Å². The monoisotopic (exact) mass is 253 g/mol. The van der Waals surface area contributed by atoms with Crippen LogP contribution in [0.5, 0.6) is 0 Å². The van der Waals surface area contributed by atoms with Crippen LogP contribution in [0.2, 0.25) is 0 Å². The van der Waals surface area contributed by atoms with E-state index in [4.69, 9.17) is 18.0 Å². The van der Waals surface area contributed by atoms with Gasteiger partial charge in [0.05, 0.1) is 4.99 Å². The fourth-order valence-electron chi connectivity index (χ4n) is 2.03. The third-order valence-electron chi connectivity index (χ3n) is 3.20. The van der Waals surface area contributed by atoms with Crippen LogP contribution in [0.4, 0.5) is 0 Å². The van der Waals surface area contributed by atoms with Gasteiger partial charge in [0.1, 0.15) is 0 Å². The van der Waals surface area contributed by atoms with Crippen LogP contribution < -0.4 is 17.0 Å². The highest BCUT2D eigenvalue weighted by molar-refractivity contribution is 7.80. The Hall–Kier alpha value is -1.43. The summed E-state index contributed by atoms with van der Waals surface area (Å²) in [4.78, 5) is 25.6. The maximum Gasteiger partial charge on any atom is 0.328 e. The van der Waals surface area contributed by atoms with Gasteiger partial charge in [0.15, 0.2) is 0 Å². The second kappa shape index (κ2) is 4.10. The largest absolute Gasteiger partial charge is 0.393 e. The molecule has 3 N–H and O–H groups in total. The zero-order chi connectivity index (χ0) is 12.6. The maximum atomic E-state index is 11.6. The smallest absolute Gasteiger partial charge is 0.328 e. The van der Waals surface area contributed by atoms with Crippen LogP contribution in [0.1, 0.15) is 24.8 Å². The van der Waals surface area contributed by atoms with E-state index in [-0.39, 0.29) is 16.7 Å². The summed E-state index contributed by atoms with van der Waals surface area (Å²) in [5, 5.41) is 0. The lowest BCUT2D eigenvalue weighted by Crippen LogP contribution is -2.33. The van der Waals surface area contributed by atoms with Gasteiger partial charge >= 0.3 is 5.69 Å². The number of aromatic amines is 1. The van der Waals surface area contributed by atoms with E-state index in [1.165, 1.54) is 0 Å². The van der Waals surface area contributed by atoms with Crippen molar-refractivity contribution in [3.05, 3.63) is 32.6 Å². The molecule has 0 spiro atoms. The molecular formula is C11H15N3O2S. The lowest BCUT2D eigenvalue weighted by atomic mass is 10.0. The Kier molecular flexibility index (Phi) is 2.91. The van der Waals surface area contributed by atoms with Gasteiger partial charge in [-0.3, -0.25) is 14.3 Å². The molecule has 0 radical (unpaired) electrons. The van der Waals surface area contributed by atoms with Crippen LogP contribution in [0, 0.1) is 12.3 Å². The van der Waals surface area contributed by atoms with Crippen molar-refractivity contribution in [1.29, 1.82) is 0 Å². The van der Waals surface area contributed by atoms with Crippen molar-refractivity contribution in [1.82, 2.24) is 9.55 Å². The summed E-state index contributed by atoms with van der Waals surface area (Å²) in [5.41, 5.74) is 5.42. The van der Waals surface area contributed by atoms with E-state index >= 15 is 0 Å². The van der Waals surface area contributed by atoms with E-state index in [1.54, 1.807) is 17.7 Å². The zero-order valence-electron chi connectivity index (χ0n) is 9.66. The maximum absolute atomic E-state index is 11.6. The number of hydrogen-bond donors (Lipinski definition) is 2. The molecule has 0 bridgehead atoms. The van der Waals surface area contributed by atoms with E-state index in [9.17, 15) is 9.59 Å². The van der Waals surface area contributed by atoms with E-state index in [0.29, 0.717) is 23.5 Å². The van der Waals surface area contributed by atoms with Crippen molar-refractivity contribution in [2.24, 2.45) is 11.1 Å². The van der Waals surface area contributed by atoms with Crippen LogP contribution in [0.3, 0.4) is 0 Å². The standard InChI is InChI=1S/C11H15N3O2S/c1-7-5-14(10(16)13-9(7)15)6-11(2-3-11)4-8(12)17/h5H,2-4,6H2,1H3,(H2,12,17)(H,13,15,16). The lowest BCUT2D eigenvalue weighted by Gasteiger charge is -2.15. The molecule has 6 heteroatoms. The zero-order valence-corrected chi connectivity index (χ0v) is 10.5. The first kappa shape index (κ1) is 12.0. The predicted molar refractivity (Wildman–Crippen MR) is 69.1 cm³/mol. The fourth-order valence-corrected chi connectivity index (χ4v) is 2.34. The second-order valence-electron chi connectivity index (χ2n) is 4.84. The summed E-state index contributed by atoms with van der Waals surface area (Å²) in [6.07, 6.45) is 4.30. The molecule has 92 valence electrons. The summed E-state index contributed by atoms with van der Waals surface area (Å²) in [6.45, 7) is 2.25. The number of nitrogens with two attached hydrogens (primary N) is 1. The highest BCUT2D eigenvalue weighted by Gasteiger charge is 2.43. The summed E-state index contributed by atoms with van der Waals surface area (Å²) in [5.74, 6) is 0. The average Bonchev–Trinajstić information content (AvgIpc) is 2.93. The number of nitrogens with one attached hydrogen (secondary N) is 1. The number of H-pyrrole nitrogens is 1. The van der Waals surface area contributed by atoms with E-state index in [0.717, 1.165) is 12.8 Å². The third kappa shape index (κ3) is 2.63. The Balaban J connectivity index is 2.25. The molecule has 0 aliphatic heterocycles. The summed E-state index contributed by atoms with van der Waals surface area (Å²) in [6, 6.07) is 0. The summed E-state index contributed by atoms with van der Waals surface area (Å²) >= 11 is 4.91. The molecule has 1 saturated carbocycles. The molecule has 1 aromatic rings. The van der Waals surface area contributed by atoms with Gasteiger partial charge in [-0.25, -0.2) is 4.79 Å². The molecule has 1 fully saturated rings. The molecule has 1 aromatic heterocycles. The van der Waals surface area contributed by atoms with E-state index in [2.05, 4.69) is 4.98 Å². The number of rotatable bonds is 4. The van der Waals surface area contributed by atoms with Gasteiger partial charge in [0.25, 0.3) is 5.56 Å². The Labute approximate surface area is 104 Å². The number of thiocarbonyl (C=S) groups is 1. The average molecular weight is 253 g/mol. The SMILES string of the molecule is Cc1cn(CC2(CC(N)=S)CC2)c(=O)[nH]c1=O. The minimum Gasteiger partial charge on any atom is -0.393 e. The van der Waals surface area contributed by atoms with Gasteiger partial charge in [-0.1, -0.05) is 12.2 Å². The molecule has 1 heterocycles. The van der Waals surface area contributed by atoms with Gasteiger partial charge in [-0.05, 0) is 25.2 Å². The van der Waals surface area contributed by atoms with Gasteiger partial charge < -0.3 is 5.73 Å². The Morgan fingerprint density at radius 2 is 2.24 bits per heavy atom. The first-order valence-corrected chi connectivity index (χ1v) is 5.91. The molecule has 5 nitrogen and oxygen atoms in total. The first-order valence-electron chi connectivity index (χ1n) is 5.51. The fraction of sp³-hybridized carbons (Fsp3) is 0.545. The topological polar surface area (TPSA) is 80.9 Å². The molecule has 0 saturated heterocycles. The van der Waals surface area contributed by atoms with Crippen LogP contribution in [-0.4, -0.2) is 14.5 Å². The number of aromatic nitrogens is 2. The molecule has 2 rings (SSSR count). The third-order valence-corrected chi connectivity index (χ3v) is 3.35. The normalized spacial score (nSPS) is 16.8. The predicted octanol–water partition coefficient (Wildman–Crippen LogP) is 0.301. The number of hydrogen-bond acceptors (Lipinski definition) is 3. The minimum atomic E-state index is -0.366. The number of aryl methyl sites for hydroxylation is 1. The molecule has 0 aromatic carbocycles. The van der Waals surface area contributed by atoms with Gasteiger partial charge in [-0.2, -0.15) is 0 Å². The van der Waals surface area contributed by atoms with Crippen molar-refractivity contribution in [3.8, 4) is 0 Å². The molecule has 1 aliphatic rings. The van der Waals surface area contributed by atoms with Crippen molar-refractivity contribution >= 4 is 17.2 Å². The first-order chi connectivity index (χ1) is 7.92. The van der Waals surface area contributed by atoms with Gasteiger partial charge in [0.2, 0.25) is 0 Å².